The molecular formula is C18H14N4O6S. The minimum atomic E-state index is -0.708. The number of ether oxygens (including phenoxy) is 4. The fourth-order valence-corrected chi connectivity index (χ4v) is 3.67. The number of hydrogen-bond donors (Lipinski definition) is 1. The summed E-state index contributed by atoms with van der Waals surface area (Å²) >= 11 is 5.03. The highest BCUT2D eigenvalue weighted by Gasteiger charge is 2.54. The minimum absolute atomic E-state index is 0.0112. The van der Waals surface area contributed by atoms with Gasteiger partial charge in [-0.25, -0.2) is 14.8 Å². The third-order valence-corrected chi connectivity index (χ3v) is 4.97. The Morgan fingerprint density at radius 2 is 2.00 bits per heavy atom. The van der Waals surface area contributed by atoms with Gasteiger partial charge in [0.2, 0.25) is 0 Å². The molecule has 0 saturated carbocycles. The molecule has 2 aromatic heterocycles. The van der Waals surface area contributed by atoms with E-state index >= 15 is 0 Å². The molecule has 0 radical (unpaired) electrons. The van der Waals surface area contributed by atoms with Crippen LogP contribution in [0.3, 0.4) is 0 Å². The Bertz CT molecular complexity index is 1150. The fraction of sp³-hybridized carbons (Fsp3) is 0.278. The Morgan fingerprint density at radius 1 is 1.21 bits per heavy atom. The van der Waals surface area contributed by atoms with E-state index in [2.05, 4.69) is 15.0 Å². The van der Waals surface area contributed by atoms with Gasteiger partial charge in [0.05, 0.1) is 18.2 Å². The van der Waals surface area contributed by atoms with E-state index in [4.69, 9.17) is 31.2 Å². The first-order valence-corrected chi connectivity index (χ1v) is 9.18. The lowest BCUT2D eigenvalue weighted by molar-refractivity contribution is -0.0648. The van der Waals surface area contributed by atoms with Gasteiger partial charge in [0.15, 0.2) is 29.6 Å². The highest BCUT2D eigenvalue weighted by atomic mass is 32.1. The molecule has 1 aromatic carbocycles. The average Bonchev–Trinajstić information content (AvgIpc) is 3.41. The molecule has 10 nitrogen and oxygen atoms in total. The summed E-state index contributed by atoms with van der Waals surface area (Å²) in [6, 6.07) is 8.63. The monoisotopic (exact) mass is 414 g/mol. The first-order valence-electron chi connectivity index (χ1n) is 8.77. The van der Waals surface area contributed by atoms with Crippen LogP contribution in [0.5, 0.6) is 0 Å². The Morgan fingerprint density at radius 3 is 2.83 bits per heavy atom. The highest BCUT2D eigenvalue weighted by Crippen LogP contribution is 2.39. The van der Waals surface area contributed by atoms with Crippen LogP contribution in [0.25, 0.3) is 11.2 Å². The Labute approximate surface area is 168 Å². The van der Waals surface area contributed by atoms with Gasteiger partial charge in [0, 0.05) is 12.2 Å². The number of hydrogen-bond acceptors (Lipinski definition) is 9. The van der Waals surface area contributed by atoms with E-state index in [1.807, 2.05) is 6.07 Å². The van der Waals surface area contributed by atoms with Gasteiger partial charge in [-0.3, -0.25) is 9.36 Å². The van der Waals surface area contributed by atoms with E-state index in [9.17, 15) is 9.59 Å². The average molecular weight is 414 g/mol. The number of fused-ring (bicyclic) bond motifs is 2. The van der Waals surface area contributed by atoms with Gasteiger partial charge in [-0.05, 0) is 12.1 Å². The number of esters is 1. The molecule has 0 amide bonds. The number of H-pyrrole nitrogens is 1. The minimum Gasteiger partial charge on any atom is -0.459 e. The van der Waals surface area contributed by atoms with E-state index < -0.39 is 30.5 Å². The summed E-state index contributed by atoms with van der Waals surface area (Å²) in [4.78, 5) is 34.9. The van der Waals surface area contributed by atoms with Crippen LogP contribution in [0.15, 0.2) is 47.8 Å². The van der Waals surface area contributed by atoms with Crippen LogP contribution in [0, 0.1) is 0 Å². The van der Waals surface area contributed by atoms with Crippen LogP contribution in [-0.2, 0) is 18.9 Å². The summed E-state index contributed by atoms with van der Waals surface area (Å²) in [5, 5.41) is -0.0112. The van der Waals surface area contributed by atoms with E-state index in [0.29, 0.717) is 11.2 Å². The van der Waals surface area contributed by atoms with E-state index in [1.54, 1.807) is 28.8 Å². The molecule has 29 heavy (non-hydrogen) atoms. The summed E-state index contributed by atoms with van der Waals surface area (Å²) in [7, 11) is 0. The zero-order valence-corrected chi connectivity index (χ0v) is 15.6. The van der Waals surface area contributed by atoms with Crippen molar-refractivity contribution in [2.45, 2.75) is 24.5 Å². The molecule has 0 unspecified atom stereocenters. The van der Waals surface area contributed by atoms with Crippen molar-refractivity contribution in [1.82, 2.24) is 19.5 Å². The number of benzene rings is 1. The Kier molecular flexibility index (Phi) is 4.25. The van der Waals surface area contributed by atoms with Crippen molar-refractivity contribution >= 4 is 34.6 Å². The lowest BCUT2D eigenvalue weighted by Crippen LogP contribution is -2.32. The second-order valence-electron chi connectivity index (χ2n) is 6.50. The molecule has 5 rings (SSSR count). The van der Waals surface area contributed by atoms with Gasteiger partial charge < -0.3 is 23.9 Å². The van der Waals surface area contributed by atoms with E-state index in [1.165, 1.54) is 12.7 Å². The van der Waals surface area contributed by atoms with Crippen molar-refractivity contribution < 1.29 is 23.7 Å². The van der Waals surface area contributed by atoms with Gasteiger partial charge >= 0.3 is 11.2 Å². The lowest BCUT2D eigenvalue weighted by atomic mass is 10.1. The van der Waals surface area contributed by atoms with Gasteiger partial charge in [-0.2, -0.15) is 0 Å². The van der Waals surface area contributed by atoms with Crippen molar-refractivity contribution in [3.05, 3.63) is 58.9 Å². The maximum absolute atomic E-state index is 12.2. The number of thiocarbonyl (C=S) groups is 1. The van der Waals surface area contributed by atoms with Crippen molar-refractivity contribution in [2.75, 3.05) is 6.61 Å². The van der Waals surface area contributed by atoms with Crippen molar-refractivity contribution in [1.29, 1.82) is 0 Å². The predicted molar refractivity (Wildman–Crippen MR) is 101 cm³/mol. The summed E-state index contributed by atoms with van der Waals surface area (Å²) < 4.78 is 24.2. The van der Waals surface area contributed by atoms with Crippen LogP contribution in [0.4, 0.5) is 0 Å². The van der Waals surface area contributed by atoms with Crippen molar-refractivity contribution in [2.24, 2.45) is 0 Å². The maximum atomic E-state index is 12.2. The Balaban J connectivity index is 1.39. The summed E-state index contributed by atoms with van der Waals surface area (Å²) in [6.07, 6.45) is 0.220. The fourth-order valence-electron chi connectivity index (χ4n) is 3.45. The summed E-state index contributed by atoms with van der Waals surface area (Å²) in [5.74, 6) is -0.475. The van der Waals surface area contributed by atoms with Crippen LogP contribution >= 0.6 is 12.2 Å². The quantitative estimate of drug-likeness (QED) is 0.492. The lowest BCUT2D eigenvalue weighted by Gasteiger charge is -2.18. The number of aromatic nitrogens is 4. The first kappa shape index (κ1) is 17.8. The number of nitrogens with one attached hydrogen (secondary N) is 1. The normalized spacial score (nSPS) is 25.4. The third-order valence-electron chi connectivity index (χ3n) is 4.78. The molecule has 148 valence electrons. The largest absolute Gasteiger partial charge is 0.459 e. The number of aromatic amines is 1. The Hall–Kier alpha value is -3.31. The van der Waals surface area contributed by atoms with Gasteiger partial charge in [-0.1, -0.05) is 18.2 Å². The number of nitrogens with zero attached hydrogens (tertiary/aromatic N) is 3. The van der Waals surface area contributed by atoms with Gasteiger partial charge in [0.25, 0.3) is 5.56 Å². The number of carbonyl (C=O) groups is 1. The molecule has 0 bridgehead atoms. The van der Waals surface area contributed by atoms with Gasteiger partial charge in [-0.15, -0.1) is 0 Å². The van der Waals surface area contributed by atoms with Crippen LogP contribution in [0.2, 0.25) is 0 Å². The summed E-state index contributed by atoms with van der Waals surface area (Å²) in [6.45, 7) is -0.0575. The second kappa shape index (κ2) is 6.94. The second-order valence-corrected chi connectivity index (χ2v) is 6.83. The van der Waals surface area contributed by atoms with Crippen LogP contribution < -0.4 is 5.56 Å². The number of carbonyl (C=O) groups excluding carboxylic acids is 1. The molecule has 2 aliphatic heterocycles. The molecule has 1 N–H and O–H groups in total. The van der Waals surface area contributed by atoms with E-state index in [-0.39, 0.29) is 22.9 Å². The molecule has 2 fully saturated rings. The number of rotatable bonds is 4. The smallest absolute Gasteiger partial charge is 0.353 e. The SMILES string of the molecule is O=C(OC[C@@H]1O[C@H](n2cnc3c(=O)[nH]cnc32)[C@@H]2OC(=S)O[C@H]21)c1ccccc1. The standard InChI is InChI=1S/C18H14N4O6S/c23-15-11-14(19-7-20-15)22(8-21-11)16-13-12(27-18(29)28-13)10(26-16)6-25-17(24)9-4-2-1-3-5-9/h1-5,7-8,10,12-13,16H,6H2,(H,19,20,23)/t10-,12-,13+,16-/m0/s1. The molecule has 3 aromatic rings. The topological polar surface area (TPSA) is 118 Å². The summed E-state index contributed by atoms with van der Waals surface area (Å²) in [5.41, 5.74) is 0.575. The first-order chi connectivity index (χ1) is 14.1. The molecule has 0 aliphatic carbocycles. The third kappa shape index (κ3) is 3.04. The van der Waals surface area contributed by atoms with Crippen LogP contribution in [-0.4, -0.2) is 55.6 Å². The molecule has 4 heterocycles. The van der Waals surface area contributed by atoms with Gasteiger partial charge in [0.1, 0.15) is 12.7 Å². The number of imidazole rings is 1. The molecule has 11 heteroatoms. The molecule has 2 saturated heterocycles. The highest BCUT2D eigenvalue weighted by molar-refractivity contribution is 7.79. The van der Waals surface area contributed by atoms with Crippen molar-refractivity contribution in [3.63, 3.8) is 0 Å². The molecule has 4 atom stereocenters. The van der Waals surface area contributed by atoms with Crippen LogP contribution in [0.1, 0.15) is 16.6 Å². The maximum Gasteiger partial charge on any atom is 0.353 e. The predicted octanol–water partition coefficient (Wildman–Crippen LogP) is 0.943. The molecule has 2 aliphatic rings. The molecule has 0 spiro atoms. The zero-order valence-electron chi connectivity index (χ0n) is 14.8. The molecular weight excluding hydrogens is 400 g/mol. The van der Waals surface area contributed by atoms with Crippen molar-refractivity contribution in [3.8, 4) is 0 Å². The van der Waals surface area contributed by atoms with E-state index in [0.717, 1.165) is 0 Å². The zero-order chi connectivity index (χ0) is 20.0.